The van der Waals surface area contributed by atoms with Crippen molar-refractivity contribution >= 4 is 0 Å². The molecule has 0 bridgehead atoms. The zero-order chi connectivity index (χ0) is 9.86. The average Bonchev–Trinajstić information content (AvgIpc) is 2.19. The Bertz CT molecular complexity index is 174. The molecule has 1 atom stereocenters. The summed E-state index contributed by atoms with van der Waals surface area (Å²) in [4.78, 5) is 0. The fourth-order valence-electron chi connectivity index (χ4n) is 2.55. The first-order valence-electron chi connectivity index (χ1n) is 5.80. The number of halogens is 1. The molecule has 1 N–H and O–H groups in total. The first-order chi connectivity index (χ1) is 6.79. The van der Waals surface area contributed by atoms with E-state index in [1.165, 1.54) is 6.42 Å². The lowest BCUT2D eigenvalue weighted by molar-refractivity contribution is -0.0261. The Labute approximate surface area is 85.2 Å². The molecule has 1 saturated heterocycles. The third-order valence-corrected chi connectivity index (χ3v) is 3.35. The van der Waals surface area contributed by atoms with Gasteiger partial charge in [-0.3, -0.25) is 0 Å². The van der Waals surface area contributed by atoms with Crippen LogP contribution in [0.25, 0.3) is 0 Å². The molecule has 0 spiro atoms. The number of hydrogen-bond acceptors (Lipinski definition) is 2. The predicted molar refractivity (Wildman–Crippen MR) is 54.2 cm³/mol. The van der Waals surface area contributed by atoms with Gasteiger partial charge in [0.25, 0.3) is 0 Å². The van der Waals surface area contributed by atoms with Crippen LogP contribution in [0.2, 0.25) is 0 Å². The molecule has 0 radical (unpaired) electrons. The minimum Gasteiger partial charge on any atom is -0.375 e. The van der Waals surface area contributed by atoms with Crippen molar-refractivity contribution in [1.29, 1.82) is 0 Å². The SMILES string of the molecule is FC1(CC2CNCCO2)CCCCC1. The molecule has 0 aromatic carbocycles. The van der Waals surface area contributed by atoms with Crippen molar-refractivity contribution in [3.63, 3.8) is 0 Å². The van der Waals surface area contributed by atoms with E-state index in [0.717, 1.165) is 45.4 Å². The highest BCUT2D eigenvalue weighted by molar-refractivity contribution is 4.87. The molecule has 2 rings (SSSR count). The van der Waals surface area contributed by atoms with Crippen molar-refractivity contribution < 1.29 is 9.13 Å². The molecule has 1 unspecified atom stereocenters. The molecular formula is C11H20FNO. The van der Waals surface area contributed by atoms with Gasteiger partial charge in [0.15, 0.2) is 0 Å². The van der Waals surface area contributed by atoms with E-state index in [9.17, 15) is 4.39 Å². The first-order valence-corrected chi connectivity index (χ1v) is 5.80. The Morgan fingerprint density at radius 2 is 2.07 bits per heavy atom. The van der Waals surface area contributed by atoms with Crippen molar-refractivity contribution in [2.75, 3.05) is 19.7 Å². The summed E-state index contributed by atoms with van der Waals surface area (Å²) in [7, 11) is 0. The molecule has 2 nitrogen and oxygen atoms in total. The third-order valence-electron chi connectivity index (χ3n) is 3.35. The average molecular weight is 201 g/mol. The second-order valence-electron chi connectivity index (χ2n) is 4.61. The highest BCUT2D eigenvalue weighted by Gasteiger charge is 2.35. The van der Waals surface area contributed by atoms with Gasteiger partial charge < -0.3 is 10.1 Å². The highest BCUT2D eigenvalue weighted by Crippen LogP contribution is 2.36. The van der Waals surface area contributed by atoms with Gasteiger partial charge in [0, 0.05) is 19.5 Å². The molecule has 2 aliphatic rings. The summed E-state index contributed by atoms with van der Waals surface area (Å²) in [5.41, 5.74) is -0.929. The van der Waals surface area contributed by atoms with Crippen LogP contribution in [0.3, 0.4) is 0 Å². The summed E-state index contributed by atoms with van der Waals surface area (Å²) in [5, 5.41) is 3.25. The summed E-state index contributed by atoms with van der Waals surface area (Å²) in [6, 6.07) is 0. The molecule has 0 aromatic heterocycles. The van der Waals surface area contributed by atoms with Crippen LogP contribution in [0.5, 0.6) is 0 Å². The largest absolute Gasteiger partial charge is 0.375 e. The van der Waals surface area contributed by atoms with Gasteiger partial charge in [-0.15, -0.1) is 0 Å². The number of alkyl halides is 1. The molecule has 0 amide bonds. The smallest absolute Gasteiger partial charge is 0.113 e. The molecule has 2 fully saturated rings. The minimum absolute atomic E-state index is 0.104. The normalized spacial score (nSPS) is 32.8. The van der Waals surface area contributed by atoms with Crippen LogP contribution < -0.4 is 5.32 Å². The van der Waals surface area contributed by atoms with E-state index in [-0.39, 0.29) is 6.10 Å². The van der Waals surface area contributed by atoms with Crippen LogP contribution in [0, 0.1) is 0 Å². The standard InChI is InChI=1S/C11H20FNO/c12-11(4-2-1-3-5-11)8-10-9-13-6-7-14-10/h10,13H,1-9H2. The molecule has 82 valence electrons. The molecule has 1 saturated carbocycles. The summed E-state index contributed by atoms with van der Waals surface area (Å²) in [5.74, 6) is 0. The zero-order valence-corrected chi connectivity index (χ0v) is 8.73. The van der Waals surface area contributed by atoms with Crippen LogP contribution in [0.1, 0.15) is 38.5 Å². The Balaban J connectivity index is 1.81. The first kappa shape index (κ1) is 10.4. The van der Waals surface area contributed by atoms with Crippen molar-refractivity contribution in [2.45, 2.75) is 50.3 Å². The van der Waals surface area contributed by atoms with E-state index < -0.39 is 5.67 Å². The number of ether oxygens (including phenoxy) is 1. The van der Waals surface area contributed by atoms with E-state index in [0.29, 0.717) is 6.42 Å². The monoisotopic (exact) mass is 201 g/mol. The Morgan fingerprint density at radius 3 is 2.71 bits per heavy atom. The van der Waals surface area contributed by atoms with E-state index >= 15 is 0 Å². The van der Waals surface area contributed by atoms with Crippen LogP contribution in [-0.4, -0.2) is 31.5 Å². The van der Waals surface area contributed by atoms with Crippen molar-refractivity contribution in [3.8, 4) is 0 Å². The molecular weight excluding hydrogens is 181 g/mol. The number of rotatable bonds is 2. The van der Waals surface area contributed by atoms with Gasteiger partial charge in [-0.2, -0.15) is 0 Å². The maximum Gasteiger partial charge on any atom is 0.113 e. The number of hydrogen-bond donors (Lipinski definition) is 1. The van der Waals surface area contributed by atoms with Gasteiger partial charge in [0.1, 0.15) is 5.67 Å². The second kappa shape index (κ2) is 4.58. The molecule has 14 heavy (non-hydrogen) atoms. The van der Waals surface area contributed by atoms with Gasteiger partial charge >= 0.3 is 0 Å². The predicted octanol–water partition coefficient (Wildman–Crippen LogP) is 2.04. The van der Waals surface area contributed by atoms with E-state index in [4.69, 9.17) is 4.74 Å². The quantitative estimate of drug-likeness (QED) is 0.738. The van der Waals surface area contributed by atoms with Gasteiger partial charge in [-0.25, -0.2) is 4.39 Å². The molecule has 1 aliphatic carbocycles. The maximum atomic E-state index is 14.2. The third kappa shape index (κ3) is 2.67. The molecule has 1 aliphatic heterocycles. The number of nitrogens with one attached hydrogen (secondary N) is 1. The highest BCUT2D eigenvalue weighted by atomic mass is 19.1. The molecule has 0 aromatic rings. The summed E-state index contributed by atoms with van der Waals surface area (Å²) >= 11 is 0. The molecule has 3 heteroatoms. The van der Waals surface area contributed by atoms with Crippen molar-refractivity contribution in [1.82, 2.24) is 5.32 Å². The fourth-order valence-corrected chi connectivity index (χ4v) is 2.55. The van der Waals surface area contributed by atoms with Crippen molar-refractivity contribution in [3.05, 3.63) is 0 Å². The van der Waals surface area contributed by atoms with E-state index in [1.54, 1.807) is 0 Å². The van der Waals surface area contributed by atoms with E-state index in [2.05, 4.69) is 5.32 Å². The van der Waals surface area contributed by atoms with Crippen LogP contribution >= 0.6 is 0 Å². The van der Waals surface area contributed by atoms with Crippen LogP contribution in [0.15, 0.2) is 0 Å². The summed E-state index contributed by atoms with van der Waals surface area (Å²) in [6.45, 7) is 2.47. The topological polar surface area (TPSA) is 21.3 Å². The Morgan fingerprint density at radius 1 is 1.29 bits per heavy atom. The lowest BCUT2D eigenvalue weighted by atomic mass is 9.82. The number of morpholine rings is 1. The summed E-state index contributed by atoms with van der Waals surface area (Å²) < 4.78 is 19.8. The Hall–Kier alpha value is -0.150. The van der Waals surface area contributed by atoms with Gasteiger partial charge in [0.2, 0.25) is 0 Å². The zero-order valence-electron chi connectivity index (χ0n) is 8.73. The minimum atomic E-state index is -0.929. The van der Waals surface area contributed by atoms with Gasteiger partial charge in [-0.05, 0) is 12.8 Å². The fraction of sp³-hybridized carbons (Fsp3) is 1.00. The lowest BCUT2D eigenvalue weighted by Gasteiger charge is -2.34. The van der Waals surface area contributed by atoms with Gasteiger partial charge in [0.05, 0.1) is 12.7 Å². The van der Waals surface area contributed by atoms with Crippen LogP contribution in [0.4, 0.5) is 4.39 Å². The molecule has 1 heterocycles. The Kier molecular flexibility index (Phi) is 3.39. The summed E-state index contributed by atoms with van der Waals surface area (Å²) in [6.07, 6.45) is 5.49. The maximum absolute atomic E-state index is 14.2. The van der Waals surface area contributed by atoms with E-state index in [1.807, 2.05) is 0 Å². The second-order valence-corrected chi connectivity index (χ2v) is 4.61. The van der Waals surface area contributed by atoms with Crippen molar-refractivity contribution in [2.24, 2.45) is 0 Å². The van der Waals surface area contributed by atoms with Gasteiger partial charge in [-0.1, -0.05) is 19.3 Å². The lowest BCUT2D eigenvalue weighted by Crippen LogP contribution is -2.43. The van der Waals surface area contributed by atoms with Crippen LogP contribution in [-0.2, 0) is 4.74 Å².